The smallest absolute Gasteiger partial charge is 0.269 e. The average molecular weight is 885 g/mol. The van der Waals surface area contributed by atoms with E-state index in [1.165, 1.54) is 23.1 Å². The number of nitrogens with zero attached hydrogens (tertiary/aromatic N) is 3. The molecular weight excluding hydrogens is 833 g/mol. The molecule has 0 unspecified atom stereocenters. The molecule has 3 amide bonds. The SMILES string of the molecule is COc1ccc([Si](C)(C)[C@H]2[C@H](CC(=O)N(CCO)Cc3ccccc3)O[C@@]3(C(=O)N(Cc4ccc(NC(=O)[C@H]5O[C@@H](O)[C@H](O)[C@@H](O)[C@@H]5O)cc4)c4ccc([N+](=O)[O-])cc43)[C@@H]2C)cc1. The number of methoxy groups -OCH3 is 1. The number of anilines is 2. The highest BCUT2D eigenvalue weighted by Crippen LogP contribution is 2.60. The van der Waals surface area contributed by atoms with Gasteiger partial charge < -0.3 is 54.9 Å². The lowest BCUT2D eigenvalue weighted by atomic mass is 9.82. The van der Waals surface area contributed by atoms with Crippen LogP contribution in [0, 0.1) is 16.0 Å². The number of nitro benzene ring substituents is 1. The third kappa shape index (κ3) is 8.60. The fourth-order valence-electron chi connectivity index (χ4n) is 9.46. The van der Waals surface area contributed by atoms with Gasteiger partial charge in [0.25, 0.3) is 17.5 Å². The number of fused-ring (bicyclic) bond motifs is 2. The minimum atomic E-state index is -2.73. The number of benzene rings is 4. The first-order valence-electron chi connectivity index (χ1n) is 20.6. The third-order valence-electron chi connectivity index (χ3n) is 12.8. The molecule has 0 aliphatic carbocycles. The molecule has 4 aromatic rings. The molecule has 3 aliphatic rings. The van der Waals surface area contributed by atoms with Crippen molar-refractivity contribution in [3.05, 3.63) is 124 Å². The van der Waals surface area contributed by atoms with Gasteiger partial charge in [-0.2, -0.15) is 0 Å². The van der Waals surface area contributed by atoms with Gasteiger partial charge in [0, 0.05) is 42.4 Å². The molecule has 2 fully saturated rings. The Morgan fingerprint density at radius 3 is 2.25 bits per heavy atom. The Morgan fingerprint density at radius 1 is 0.937 bits per heavy atom. The Labute approximate surface area is 364 Å². The van der Waals surface area contributed by atoms with E-state index in [1.807, 2.05) is 61.5 Å². The molecule has 1 spiro atoms. The van der Waals surface area contributed by atoms with E-state index in [0.717, 1.165) is 10.8 Å². The zero-order valence-electron chi connectivity index (χ0n) is 35.2. The van der Waals surface area contributed by atoms with E-state index in [0.29, 0.717) is 22.6 Å². The maximum Gasteiger partial charge on any atom is 0.269 e. The average Bonchev–Trinajstić information content (AvgIpc) is 3.70. The van der Waals surface area contributed by atoms with E-state index < -0.39 is 73.1 Å². The number of non-ortho nitro benzene ring substituents is 1. The first-order chi connectivity index (χ1) is 30.0. The van der Waals surface area contributed by atoms with Crippen LogP contribution in [0.15, 0.2) is 97.1 Å². The zero-order chi connectivity index (χ0) is 45.4. The van der Waals surface area contributed by atoms with Crippen LogP contribution in [-0.2, 0) is 42.5 Å². The van der Waals surface area contributed by atoms with Crippen molar-refractivity contribution in [2.75, 3.05) is 30.5 Å². The molecule has 18 heteroatoms. The second-order valence-corrected chi connectivity index (χ2v) is 21.5. The largest absolute Gasteiger partial charge is 0.497 e. The molecule has 2 saturated heterocycles. The molecule has 3 aliphatic heterocycles. The third-order valence-corrected chi connectivity index (χ3v) is 17.1. The lowest BCUT2D eigenvalue weighted by Crippen LogP contribution is -2.60. The highest BCUT2D eigenvalue weighted by atomic mass is 28.3. The van der Waals surface area contributed by atoms with Crippen molar-refractivity contribution in [1.29, 1.82) is 0 Å². The van der Waals surface area contributed by atoms with Crippen LogP contribution in [0.2, 0.25) is 18.6 Å². The Morgan fingerprint density at radius 2 is 1.62 bits per heavy atom. The number of nitro groups is 1. The van der Waals surface area contributed by atoms with E-state index in [9.17, 15) is 45.2 Å². The van der Waals surface area contributed by atoms with Gasteiger partial charge in [0.2, 0.25) is 5.91 Å². The monoisotopic (exact) mass is 884 g/mol. The Balaban J connectivity index is 1.22. The van der Waals surface area contributed by atoms with Crippen LogP contribution in [0.25, 0.3) is 0 Å². The second kappa shape index (κ2) is 18.3. The Bertz CT molecular complexity index is 2320. The molecular formula is C45H52N4O13Si. The van der Waals surface area contributed by atoms with Gasteiger partial charge in [-0.25, -0.2) is 0 Å². The van der Waals surface area contributed by atoms with Crippen LogP contribution >= 0.6 is 0 Å². The summed E-state index contributed by atoms with van der Waals surface area (Å²) in [6, 6.07) is 27.7. The quantitative estimate of drug-likeness (QED) is 0.0607. The van der Waals surface area contributed by atoms with E-state index in [4.69, 9.17) is 14.2 Å². The molecule has 0 saturated carbocycles. The Hall–Kier alpha value is -5.57. The maximum absolute atomic E-state index is 15.3. The van der Waals surface area contributed by atoms with Crippen molar-refractivity contribution in [3.8, 4) is 5.75 Å². The number of rotatable bonds is 14. The number of nitrogens with one attached hydrogen (secondary N) is 1. The summed E-state index contributed by atoms with van der Waals surface area (Å²) < 4.78 is 17.6. The van der Waals surface area contributed by atoms with Crippen LogP contribution in [0.1, 0.15) is 30.0 Å². The van der Waals surface area contributed by atoms with Crippen molar-refractivity contribution in [1.82, 2.24) is 4.90 Å². The summed E-state index contributed by atoms with van der Waals surface area (Å²) in [4.78, 5) is 57.5. The molecule has 0 bridgehead atoms. The van der Waals surface area contributed by atoms with Crippen LogP contribution in [0.4, 0.5) is 17.1 Å². The fourth-order valence-corrected chi connectivity index (χ4v) is 13.5. The number of ether oxygens (including phenoxy) is 3. The van der Waals surface area contributed by atoms with Crippen LogP contribution in [-0.4, -0.2) is 118 Å². The molecule has 0 radical (unpaired) electrons. The first kappa shape index (κ1) is 45.5. The first-order valence-corrected chi connectivity index (χ1v) is 23.7. The molecule has 3 heterocycles. The van der Waals surface area contributed by atoms with Gasteiger partial charge in [0.15, 0.2) is 18.0 Å². The molecule has 63 heavy (non-hydrogen) atoms. The van der Waals surface area contributed by atoms with Crippen molar-refractivity contribution in [3.63, 3.8) is 0 Å². The van der Waals surface area contributed by atoms with E-state index in [-0.39, 0.29) is 55.5 Å². The summed E-state index contributed by atoms with van der Waals surface area (Å²) in [6.45, 7) is 6.27. The predicted octanol–water partition coefficient (Wildman–Crippen LogP) is 2.52. The zero-order valence-corrected chi connectivity index (χ0v) is 36.2. The Kier molecular flexibility index (Phi) is 13.2. The minimum Gasteiger partial charge on any atom is -0.497 e. The standard InChI is InChI=1S/C45H52N4O13Si/c1-26-41(63(3,4)32-17-15-31(60-2)16-18-32)35(23-36(51)47(20-21-50)24-27-8-6-5-7-9-27)62-45(26)33-22-30(49(58)59)14-19-34(33)48(44(45)57)25-28-10-12-29(13-11-28)46-42(55)40-38(53)37(52)39(54)43(56)61-40/h5-19,22,26,35,37-41,43,50,52-54,56H,20-21,23-25H2,1-4H3,(H,46,55)/t26-,35+,37+,38+,39-,40+,41-,43-,45+/m1/s1. The number of aliphatic hydroxyl groups excluding tert-OH is 5. The van der Waals surface area contributed by atoms with E-state index in [1.54, 1.807) is 36.3 Å². The summed E-state index contributed by atoms with van der Waals surface area (Å²) in [6.07, 6.45) is -9.98. The number of amides is 3. The van der Waals surface area contributed by atoms with Crippen molar-refractivity contribution in [2.24, 2.45) is 5.92 Å². The lowest BCUT2D eigenvalue weighted by Gasteiger charge is -2.37. The van der Waals surface area contributed by atoms with E-state index in [2.05, 4.69) is 18.4 Å². The normalized spacial score (nSPS) is 26.7. The fraction of sp³-hybridized carbons (Fsp3) is 0.400. The van der Waals surface area contributed by atoms with Gasteiger partial charge in [-0.3, -0.25) is 24.5 Å². The number of hydrogen-bond donors (Lipinski definition) is 6. The van der Waals surface area contributed by atoms with Gasteiger partial charge in [0.05, 0.1) is 51.5 Å². The van der Waals surface area contributed by atoms with Crippen LogP contribution < -0.4 is 20.1 Å². The van der Waals surface area contributed by atoms with E-state index >= 15 is 4.79 Å². The number of carbonyl (C=O) groups excluding carboxylic acids is 3. The van der Waals surface area contributed by atoms with Crippen molar-refractivity contribution >= 4 is 48.0 Å². The van der Waals surface area contributed by atoms with Gasteiger partial charge in [0.1, 0.15) is 24.1 Å². The minimum absolute atomic E-state index is 0.00859. The van der Waals surface area contributed by atoms with Crippen molar-refractivity contribution < 1.29 is 59.1 Å². The molecule has 17 nitrogen and oxygen atoms in total. The summed E-state index contributed by atoms with van der Waals surface area (Å²) in [5.41, 5.74) is 0.106. The summed E-state index contributed by atoms with van der Waals surface area (Å²) >= 11 is 0. The topological polar surface area (TPSA) is 242 Å². The van der Waals surface area contributed by atoms with Gasteiger partial charge in [-0.1, -0.05) is 79.8 Å². The predicted molar refractivity (Wildman–Crippen MR) is 231 cm³/mol. The molecule has 7 rings (SSSR count). The van der Waals surface area contributed by atoms with Crippen LogP contribution in [0.3, 0.4) is 0 Å². The molecule has 0 aromatic heterocycles. The molecule has 334 valence electrons. The van der Waals surface area contributed by atoms with Crippen LogP contribution in [0.5, 0.6) is 5.75 Å². The number of hydrogen-bond acceptors (Lipinski definition) is 13. The summed E-state index contributed by atoms with van der Waals surface area (Å²) in [5, 5.41) is 65.9. The number of aliphatic hydroxyl groups is 5. The maximum atomic E-state index is 15.3. The number of carbonyl (C=O) groups is 3. The molecule has 6 N–H and O–H groups in total. The van der Waals surface area contributed by atoms with Gasteiger partial charge in [-0.05, 0) is 47.0 Å². The highest BCUT2D eigenvalue weighted by Gasteiger charge is 2.67. The molecule has 4 aromatic carbocycles. The van der Waals surface area contributed by atoms with Crippen molar-refractivity contribution in [2.45, 2.75) is 87.5 Å². The second-order valence-electron chi connectivity index (χ2n) is 16.8. The van der Waals surface area contributed by atoms with Gasteiger partial charge >= 0.3 is 0 Å². The molecule has 9 atom stereocenters. The van der Waals surface area contributed by atoms with Gasteiger partial charge in [-0.15, -0.1) is 0 Å². The summed E-state index contributed by atoms with van der Waals surface area (Å²) in [7, 11) is -1.15. The summed E-state index contributed by atoms with van der Waals surface area (Å²) in [5.74, 6) is -1.55. The highest BCUT2D eigenvalue weighted by molar-refractivity contribution is 6.91. The lowest BCUT2D eigenvalue weighted by molar-refractivity contribution is -0.385.